The lowest BCUT2D eigenvalue weighted by atomic mass is 9.97. The van der Waals surface area contributed by atoms with Gasteiger partial charge in [-0.2, -0.15) is 0 Å². The van der Waals surface area contributed by atoms with Gasteiger partial charge in [0.2, 0.25) is 0 Å². The molecule has 2 rings (SSSR count). The second-order valence-corrected chi connectivity index (χ2v) is 6.62. The Hall–Kier alpha value is -0.940. The molecule has 1 heterocycles. The maximum atomic E-state index is 12.1. The lowest BCUT2D eigenvalue weighted by Gasteiger charge is -2.16. The van der Waals surface area contributed by atoms with Crippen LogP contribution in [0, 0.1) is 5.92 Å². The Morgan fingerprint density at radius 2 is 2.21 bits per heavy atom. The van der Waals surface area contributed by atoms with Gasteiger partial charge in [-0.05, 0) is 31.0 Å². The zero-order chi connectivity index (χ0) is 14.0. The Labute approximate surface area is 125 Å². The molecular formula is C14H16BrNO2S. The summed E-state index contributed by atoms with van der Waals surface area (Å²) in [5.41, 5.74) is 0.929. The lowest BCUT2D eigenvalue weighted by molar-refractivity contribution is -0.146. The van der Waals surface area contributed by atoms with Gasteiger partial charge in [-0.1, -0.05) is 29.8 Å². The molecule has 0 amide bonds. The van der Waals surface area contributed by atoms with Gasteiger partial charge in [0.25, 0.3) is 0 Å². The summed E-state index contributed by atoms with van der Waals surface area (Å²) in [4.78, 5) is 16.6. The molecule has 1 unspecified atom stereocenters. The number of thiazole rings is 1. The van der Waals surface area contributed by atoms with Crippen LogP contribution in [0.25, 0.3) is 10.2 Å². The first-order valence-electron chi connectivity index (χ1n) is 6.25. The number of esters is 1. The molecule has 0 aliphatic heterocycles. The summed E-state index contributed by atoms with van der Waals surface area (Å²) < 4.78 is 7.26. The van der Waals surface area contributed by atoms with Crippen LogP contribution in [0.15, 0.2) is 22.7 Å². The standard InChI is InChI=1S/C14H16BrNO2S/c1-4-18-14(17)12(8(2)3)13-16-10-6-5-9(15)7-11(10)19-13/h5-8,12H,4H2,1-3H3. The third-order valence-corrected chi connectivity index (χ3v) is 4.43. The molecule has 102 valence electrons. The highest BCUT2D eigenvalue weighted by Gasteiger charge is 2.28. The van der Waals surface area contributed by atoms with E-state index in [1.165, 1.54) is 0 Å². The topological polar surface area (TPSA) is 39.2 Å². The summed E-state index contributed by atoms with van der Waals surface area (Å²) in [7, 11) is 0. The SMILES string of the molecule is CCOC(=O)C(c1nc2ccc(Br)cc2s1)C(C)C. The van der Waals surface area contributed by atoms with Crippen LogP contribution in [-0.4, -0.2) is 17.6 Å². The van der Waals surface area contributed by atoms with E-state index >= 15 is 0 Å². The van der Waals surface area contributed by atoms with Crippen molar-refractivity contribution < 1.29 is 9.53 Å². The van der Waals surface area contributed by atoms with Gasteiger partial charge in [-0.25, -0.2) is 4.98 Å². The minimum atomic E-state index is -0.281. The van der Waals surface area contributed by atoms with Crippen LogP contribution in [0.3, 0.4) is 0 Å². The van der Waals surface area contributed by atoms with Crippen molar-refractivity contribution in [1.82, 2.24) is 4.98 Å². The third-order valence-electron chi connectivity index (χ3n) is 2.84. The number of rotatable bonds is 4. The molecule has 1 aromatic carbocycles. The van der Waals surface area contributed by atoms with Crippen LogP contribution in [0.1, 0.15) is 31.7 Å². The number of fused-ring (bicyclic) bond motifs is 1. The fourth-order valence-corrected chi connectivity index (χ4v) is 3.72. The van der Waals surface area contributed by atoms with Crippen LogP contribution in [0.5, 0.6) is 0 Å². The molecule has 3 nitrogen and oxygen atoms in total. The normalized spacial score (nSPS) is 12.9. The molecule has 0 radical (unpaired) electrons. The highest BCUT2D eigenvalue weighted by Crippen LogP contribution is 2.33. The second-order valence-electron chi connectivity index (χ2n) is 4.64. The number of ether oxygens (including phenoxy) is 1. The Morgan fingerprint density at radius 3 is 2.84 bits per heavy atom. The molecule has 1 atom stereocenters. The van der Waals surface area contributed by atoms with E-state index < -0.39 is 0 Å². The van der Waals surface area contributed by atoms with Gasteiger partial charge >= 0.3 is 5.97 Å². The number of nitrogens with zero attached hydrogens (tertiary/aromatic N) is 1. The molecule has 2 aromatic rings. The molecule has 0 fully saturated rings. The van der Waals surface area contributed by atoms with E-state index in [9.17, 15) is 4.79 Å². The summed E-state index contributed by atoms with van der Waals surface area (Å²) in [6.45, 7) is 6.26. The smallest absolute Gasteiger partial charge is 0.316 e. The van der Waals surface area contributed by atoms with Crippen molar-refractivity contribution in [2.75, 3.05) is 6.61 Å². The van der Waals surface area contributed by atoms with Crippen molar-refractivity contribution in [2.45, 2.75) is 26.7 Å². The zero-order valence-corrected chi connectivity index (χ0v) is 13.5. The fourth-order valence-electron chi connectivity index (χ4n) is 1.94. The summed E-state index contributed by atoms with van der Waals surface area (Å²) in [6.07, 6.45) is 0. The van der Waals surface area contributed by atoms with E-state index in [0.29, 0.717) is 6.61 Å². The van der Waals surface area contributed by atoms with Gasteiger partial charge in [0, 0.05) is 4.47 Å². The van der Waals surface area contributed by atoms with E-state index in [1.807, 2.05) is 39.0 Å². The van der Waals surface area contributed by atoms with E-state index in [1.54, 1.807) is 11.3 Å². The van der Waals surface area contributed by atoms with Crippen molar-refractivity contribution in [3.05, 3.63) is 27.7 Å². The minimum Gasteiger partial charge on any atom is -0.465 e. The first kappa shape index (κ1) is 14.5. The van der Waals surface area contributed by atoms with E-state index in [2.05, 4.69) is 20.9 Å². The van der Waals surface area contributed by atoms with Crippen molar-refractivity contribution in [3.8, 4) is 0 Å². The van der Waals surface area contributed by atoms with Crippen LogP contribution < -0.4 is 0 Å². The monoisotopic (exact) mass is 341 g/mol. The lowest BCUT2D eigenvalue weighted by Crippen LogP contribution is -2.20. The van der Waals surface area contributed by atoms with Gasteiger partial charge in [0.1, 0.15) is 10.9 Å². The Balaban J connectivity index is 2.41. The molecule has 1 aromatic heterocycles. The highest BCUT2D eigenvalue weighted by molar-refractivity contribution is 9.10. The third kappa shape index (κ3) is 3.15. The molecule has 0 spiro atoms. The number of aromatic nitrogens is 1. The number of halogens is 1. The first-order valence-corrected chi connectivity index (χ1v) is 7.86. The van der Waals surface area contributed by atoms with Crippen molar-refractivity contribution >= 4 is 43.5 Å². The summed E-state index contributed by atoms with van der Waals surface area (Å²) in [5.74, 6) is -0.296. The van der Waals surface area contributed by atoms with Crippen molar-refractivity contribution in [1.29, 1.82) is 0 Å². The van der Waals surface area contributed by atoms with Gasteiger partial charge in [-0.15, -0.1) is 11.3 Å². The molecule has 0 aliphatic rings. The van der Waals surface area contributed by atoms with Crippen molar-refractivity contribution in [3.63, 3.8) is 0 Å². The van der Waals surface area contributed by atoms with E-state index in [0.717, 1.165) is 19.7 Å². The van der Waals surface area contributed by atoms with Gasteiger partial charge in [0.15, 0.2) is 0 Å². The van der Waals surface area contributed by atoms with Crippen LogP contribution in [0.2, 0.25) is 0 Å². The van der Waals surface area contributed by atoms with E-state index in [4.69, 9.17) is 4.74 Å². The van der Waals surface area contributed by atoms with Gasteiger partial charge in [-0.3, -0.25) is 4.79 Å². The summed E-state index contributed by atoms with van der Waals surface area (Å²) in [6, 6.07) is 5.95. The largest absolute Gasteiger partial charge is 0.465 e. The average molecular weight is 342 g/mol. The maximum Gasteiger partial charge on any atom is 0.316 e. The van der Waals surface area contributed by atoms with E-state index in [-0.39, 0.29) is 17.8 Å². The summed E-state index contributed by atoms with van der Waals surface area (Å²) >= 11 is 5.01. The molecular weight excluding hydrogens is 326 g/mol. The van der Waals surface area contributed by atoms with Gasteiger partial charge < -0.3 is 4.74 Å². The highest BCUT2D eigenvalue weighted by atomic mass is 79.9. The van der Waals surface area contributed by atoms with Crippen LogP contribution in [0.4, 0.5) is 0 Å². The number of hydrogen-bond acceptors (Lipinski definition) is 4. The van der Waals surface area contributed by atoms with Crippen LogP contribution in [-0.2, 0) is 9.53 Å². The minimum absolute atomic E-state index is 0.169. The molecule has 0 saturated heterocycles. The number of carbonyl (C=O) groups is 1. The predicted octanol–water partition coefficient (Wildman–Crippen LogP) is 4.36. The Kier molecular flexibility index (Phi) is 4.58. The molecule has 0 N–H and O–H groups in total. The molecule has 0 bridgehead atoms. The predicted molar refractivity (Wildman–Crippen MR) is 81.5 cm³/mol. The molecule has 0 saturated carbocycles. The Morgan fingerprint density at radius 1 is 1.47 bits per heavy atom. The van der Waals surface area contributed by atoms with Crippen molar-refractivity contribution in [2.24, 2.45) is 5.92 Å². The zero-order valence-electron chi connectivity index (χ0n) is 11.1. The fraction of sp³-hybridized carbons (Fsp3) is 0.429. The Bertz CT molecular complexity index is 594. The molecule has 19 heavy (non-hydrogen) atoms. The first-order chi connectivity index (χ1) is 9.02. The number of benzene rings is 1. The molecule has 0 aliphatic carbocycles. The van der Waals surface area contributed by atoms with Gasteiger partial charge in [0.05, 0.1) is 16.8 Å². The van der Waals surface area contributed by atoms with Crippen LogP contribution >= 0.6 is 27.3 Å². The summed E-state index contributed by atoms with van der Waals surface area (Å²) in [5, 5.41) is 0.835. The quantitative estimate of drug-likeness (QED) is 0.775. The second kappa shape index (κ2) is 6.01. The number of hydrogen-bond donors (Lipinski definition) is 0. The average Bonchev–Trinajstić information content (AvgIpc) is 2.71. The maximum absolute atomic E-state index is 12.1. The number of carbonyl (C=O) groups excluding carboxylic acids is 1. The molecule has 5 heteroatoms.